The predicted molar refractivity (Wildman–Crippen MR) is 108 cm³/mol. The van der Waals surface area contributed by atoms with Gasteiger partial charge in [-0.05, 0) is 25.3 Å². The average Bonchev–Trinajstić information content (AvgIpc) is 2.92. The molecule has 1 amide bonds. The molecule has 2 aliphatic rings. The number of aromatic nitrogens is 1. The zero-order valence-electron chi connectivity index (χ0n) is 13.9. The molecule has 1 aromatic carbocycles. The molecule has 0 bridgehead atoms. The number of hydrogen-bond donors (Lipinski definition) is 1. The molecule has 0 atom stereocenters. The van der Waals surface area contributed by atoms with Gasteiger partial charge in [-0.15, -0.1) is 0 Å². The van der Waals surface area contributed by atoms with E-state index < -0.39 is 0 Å². The third-order valence-electron chi connectivity index (χ3n) is 4.46. The fourth-order valence-electron chi connectivity index (χ4n) is 3.06. The fraction of sp³-hybridized carbons (Fsp3) is 0.278. The summed E-state index contributed by atoms with van der Waals surface area (Å²) in [4.78, 5) is 22.2. The second-order valence-electron chi connectivity index (χ2n) is 6.24. The van der Waals surface area contributed by atoms with Gasteiger partial charge < -0.3 is 15.1 Å². The normalized spacial score (nSPS) is 20.5. The Morgan fingerprint density at radius 3 is 2.72 bits per heavy atom. The number of piperazine rings is 1. The standard InChI is InChI=1S/C18H18N4OS2/c1-21-6-8-22(9-7-21)16-13(11-15-17(23)20-18(24)25-15)10-12-4-2-3-5-14(12)19-16/h2-5,10-11H,6-9H2,1H3,(H,20,23,24)/b15-11-. The number of rotatable bonds is 2. The predicted octanol–water partition coefficient (Wildman–Crippen LogP) is 2.48. The maximum Gasteiger partial charge on any atom is 0.263 e. The van der Waals surface area contributed by atoms with Crippen LogP contribution < -0.4 is 10.2 Å². The topological polar surface area (TPSA) is 48.5 Å². The maximum absolute atomic E-state index is 12.1. The molecule has 7 heteroatoms. The molecule has 128 valence electrons. The van der Waals surface area contributed by atoms with Crippen molar-refractivity contribution in [3.8, 4) is 0 Å². The summed E-state index contributed by atoms with van der Waals surface area (Å²) in [5.41, 5.74) is 1.93. The van der Waals surface area contributed by atoms with Crippen molar-refractivity contribution < 1.29 is 4.79 Å². The van der Waals surface area contributed by atoms with Crippen LogP contribution in [0, 0.1) is 0 Å². The summed E-state index contributed by atoms with van der Waals surface area (Å²) in [7, 11) is 2.13. The lowest BCUT2D eigenvalue weighted by Crippen LogP contribution is -2.45. The van der Waals surface area contributed by atoms with Crippen LogP contribution in [0.2, 0.25) is 0 Å². The number of thioether (sulfide) groups is 1. The van der Waals surface area contributed by atoms with Crippen molar-refractivity contribution in [3.05, 3.63) is 40.8 Å². The number of benzene rings is 1. The number of para-hydroxylation sites is 1. The quantitative estimate of drug-likeness (QED) is 0.647. The summed E-state index contributed by atoms with van der Waals surface area (Å²) >= 11 is 6.40. The summed E-state index contributed by atoms with van der Waals surface area (Å²) in [6.45, 7) is 3.86. The molecule has 0 radical (unpaired) electrons. The van der Waals surface area contributed by atoms with Crippen molar-refractivity contribution in [3.63, 3.8) is 0 Å². The molecule has 2 saturated heterocycles. The highest BCUT2D eigenvalue weighted by Crippen LogP contribution is 2.31. The van der Waals surface area contributed by atoms with E-state index in [9.17, 15) is 4.79 Å². The lowest BCUT2D eigenvalue weighted by molar-refractivity contribution is -0.115. The molecule has 2 aliphatic heterocycles. The number of hydrogen-bond acceptors (Lipinski definition) is 6. The van der Waals surface area contributed by atoms with Gasteiger partial charge in [-0.3, -0.25) is 4.79 Å². The van der Waals surface area contributed by atoms with E-state index in [1.165, 1.54) is 11.8 Å². The van der Waals surface area contributed by atoms with Crippen LogP contribution in [0.25, 0.3) is 17.0 Å². The van der Waals surface area contributed by atoms with E-state index >= 15 is 0 Å². The number of amides is 1. The van der Waals surface area contributed by atoms with Crippen molar-refractivity contribution in [1.82, 2.24) is 15.2 Å². The first-order chi connectivity index (χ1) is 12.1. The van der Waals surface area contributed by atoms with E-state index in [-0.39, 0.29) is 5.91 Å². The summed E-state index contributed by atoms with van der Waals surface area (Å²) in [6.07, 6.45) is 1.91. The van der Waals surface area contributed by atoms with E-state index in [4.69, 9.17) is 17.2 Å². The van der Waals surface area contributed by atoms with Crippen LogP contribution >= 0.6 is 24.0 Å². The largest absolute Gasteiger partial charge is 0.354 e. The molecular formula is C18H18N4OS2. The lowest BCUT2D eigenvalue weighted by Gasteiger charge is -2.34. The molecule has 25 heavy (non-hydrogen) atoms. The SMILES string of the molecule is CN1CCN(c2nc3ccccc3cc2/C=C2\SC(=S)NC2=O)CC1. The van der Waals surface area contributed by atoms with Crippen LogP contribution in [0.15, 0.2) is 35.2 Å². The van der Waals surface area contributed by atoms with Crippen molar-refractivity contribution in [1.29, 1.82) is 0 Å². The van der Waals surface area contributed by atoms with Gasteiger partial charge in [-0.1, -0.05) is 42.2 Å². The molecule has 2 aromatic rings. The smallest absolute Gasteiger partial charge is 0.263 e. The van der Waals surface area contributed by atoms with Crippen molar-refractivity contribution >= 4 is 57.0 Å². The van der Waals surface area contributed by atoms with Gasteiger partial charge in [0.25, 0.3) is 5.91 Å². The van der Waals surface area contributed by atoms with E-state index in [1.807, 2.05) is 30.3 Å². The van der Waals surface area contributed by atoms with Gasteiger partial charge >= 0.3 is 0 Å². The molecule has 0 aliphatic carbocycles. The minimum atomic E-state index is -0.132. The molecular weight excluding hydrogens is 352 g/mol. The van der Waals surface area contributed by atoms with E-state index in [0.717, 1.165) is 48.5 Å². The van der Waals surface area contributed by atoms with Crippen molar-refractivity contribution in [2.24, 2.45) is 0 Å². The minimum absolute atomic E-state index is 0.132. The highest BCUT2D eigenvalue weighted by molar-refractivity contribution is 8.26. The number of carbonyl (C=O) groups is 1. The number of nitrogens with zero attached hydrogens (tertiary/aromatic N) is 3. The highest BCUT2D eigenvalue weighted by Gasteiger charge is 2.24. The molecule has 5 nitrogen and oxygen atoms in total. The summed E-state index contributed by atoms with van der Waals surface area (Å²) in [5.74, 6) is 0.804. The number of carbonyl (C=O) groups excluding carboxylic acids is 1. The Balaban J connectivity index is 1.80. The third kappa shape index (κ3) is 3.40. The number of likely N-dealkylation sites (N-methyl/N-ethyl adjacent to an activating group) is 1. The van der Waals surface area contributed by atoms with E-state index in [1.54, 1.807) is 0 Å². The van der Waals surface area contributed by atoms with Crippen LogP contribution in [0.1, 0.15) is 5.56 Å². The molecule has 1 N–H and O–H groups in total. The maximum atomic E-state index is 12.1. The first-order valence-corrected chi connectivity index (χ1v) is 9.41. The Morgan fingerprint density at radius 1 is 1.24 bits per heavy atom. The van der Waals surface area contributed by atoms with Crippen LogP contribution in [-0.4, -0.2) is 53.3 Å². The van der Waals surface area contributed by atoms with Gasteiger partial charge in [0.05, 0.1) is 10.4 Å². The van der Waals surface area contributed by atoms with E-state index in [0.29, 0.717) is 9.23 Å². The van der Waals surface area contributed by atoms with Crippen LogP contribution in [0.4, 0.5) is 5.82 Å². The van der Waals surface area contributed by atoms with Gasteiger partial charge in [0, 0.05) is 37.1 Å². The lowest BCUT2D eigenvalue weighted by atomic mass is 10.1. The molecule has 1 aromatic heterocycles. The second-order valence-corrected chi connectivity index (χ2v) is 7.96. The first-order valence-electron chi connectivity index (χ1n) is 8.18. The Hall–Kier alpha value is -1.96. The van der Waals surface area contributed by atoms with Gasteiger partial charge in [-0.25, -0.2) is 4.98 Å². The Labute approximate surface area is 156 Å². The summed E-state index contributed by atoms with van der Waals surface area (Å²) in [5, 5.41) is 3.74. The Morgan fingerprint density at radius 2 is 2.00 bits per heavy atom. The average molecular weight is 371 g/mol. The molecule has 0 spiro atoms. The molecule has 0 saturated carbocycles. The van der Waals surface area contributed by atoms with Crippen LogP contribution in [-0.2, 0) is 4.79 Å². The fourth-order valence-corrected chi connectivity index (χ4v) is 4.10. The minimum Gasteiger partial charge on any atom is -0.354 e. The first kappa shape index (κ1) is 16.5. The Kier molecular flexibility index (Phi) is 4.45. The number of anilines is 1. The highest BCUT2D eigenvalue weighted by atomic mass is 32.2. The Bertz CT molecular complexity index is 888. The van der Waals surface area contributed by atoms with Crippen molar-refractivity contribution in [2.75, 3.05) is 38.1 Å². The van der Waals surface area contributed by atoms with E-state index in [2.05, 4.69) is 28.2 Å². The zero-order valence-corrected chi connectivity index (χ0v) is 15.5. The number of nitrogens with one attached hydrogen (secondary N) is 1. The van der Waals surface area contributed by atoms with Gasteiger partial charge in [0.15, 0.2) is 0 Å². The molecule has 3 heterocycles. The number of thiocarbonyl (C=S) groups is 1. The van der Waals surface area contributed by atoms with Gasteiger partial charge in [0.2, 0.25) is 0 Å². The van der Waals surface area contributed by atoms with Crippen molar-refractivity contribution in [2.45, 2.75) is 0 Å². The molecule has 4 rings (SSSR count). The second kappa shape index (κ2) is 6.74. The molecule has 0 unspecified atom stereocenters. The van der Waals surface area contributed by atoms with Crippen LogP contribution in [0.3, 0.4) is 0 Å². The van der Waals surface area contributed by atoms with Crippen LogP contribution in [0.5, 0.6) is 0 Å². The van der Waals surface area contributed by atoms with Gasteiger partial charge in [0.1, 0.15) is 10.1 Å². The summed E-state index contributed by atoms with van der Waals surface area (Å²) < 4.78 is 0.506. The third-order valence-corrected chi connectivity index (χ3v) is 5.63. The molecule has 2 fully saturated rings. The number of pyridine rings is 1. The van der Waals surface area contributed by atoms with Gasteiger partial charge in [-0.2, -0.15) is 0 Å². The number of fused-ring (bicyclic) bond motifs is 1. The summed E-state index contributed by atoms with van der Waals surface area (Å²) in [6, 6.07) is 10.2. The zero-order chi connectivity index (χ0) is 17.4. The monoisotopic (exact) mass is 370 g/mol.